The van der Waals surface area contributed by atoms with E-state index in [-0.39, 0.29) is 18.1 Å². The number of amides is 1. The molecule has 23 heavy (non-hydrogen) atoms. The van der Waals surface area contributed by atoms with Crippen LogP contribution in [0.5, 0.6) is 0 Å². The van der Waals surface area contributed by atoms with Crippen LogP contribution in [0.4, 0.5) is 0 Å². The summed E-state index contributed by atoms with van der Waals surface area (Å²) in [5.74, 6) is -1.21. The van der Waals surface area contributed by atoms with Crippen molar-refractivity contribution in [2.45, 2.75) is 12.3 Å². The molecule has 0 bridgehead atoms. The normalized spacial score (nSPS) is 17.5. The number of carbonyl (C=O) groups is 2. The van der Waals surface area contributed by atoms with Crippen LogP contribution in [-0.2, 0) is 14.3 Å². The van der Waals surface area contributed by atoms with Crippen molar-refractivity contribution in [3.8, 4) is 6.07 Å². The fraction of sp³-hybridized carbons (Fsp3) is 0.267. The van der Waals surface area contributed by atoms with Crippen LogP contribution in [0, 0.1) is 11.3 Å². The van der Waals surface area contributed by atoms with E-state index < -0.39 is 11.9 Å². The predicted molar refractivity (Wildman–Crippen MR) is 89.1 cm³/mol. The van der Waals surface area contributed by atoms with E-state index in [1.165, 1.54) is 7.11 Å². The number of nitrogens with one attached hydrogen (secondary N) is 1. The minimum atomic E-state index is -0.500. The molecule has 1 aromatic rings. The Hall–Kier alpha value is -1.68. The monoisotopic (exact) mass is 370 g/mol. The van der Waals surface area contributed by atoms with Gasteiger partial charge in [0.15, 0.2) is 0 Å². The lowest BCUT2D eigenvalue weighted by Crippen LogP contribution is -2.31. The summed E-state index contributed by atoms with van der Waals surface area (Å²) in [6, 6.07) is 7.19. The zero-order valence-electron chi connectivity index (χ0n) is 12.1. The van der Waals surface area contributed by atoms with Gasteiger partial charge < -0.3 is 10.1 Å². The van der Waals surface area contributed by atoms with E-state index in [1.807, 2.05) is 0 Å². The van der Waals surface area contributed by atoms with Gasteiger partial charge in [0.05, 0.1) is 39.6 Å². The molecule has 1 atom stereocenters. The molecule has 0 fully saturated rings. The van der Waals surface area contributed by atoms with Crippen molar-refractivity contribution >= 4 is 46.8 Å². The summed E-state index contributed by atoms with van der Waals surface area (Å²) in [5.41, 5.74) is 0.962. The average molecular weight is 371 g/mol. The van der Waals surface area contributed by atoms with Gasteiger partial charge in [0.1, 0.15) is 0 Å². The van der Waals surface area contributed by atoms with Gasteiger partial charge in [0.2, 0.25) is 5.91 Å². The summed E-state index contributed by atoms with van der Waals surface area (Å²) in [6.45, 7) is 0. The van der Waals surface area contributed by atoms with Crippen LogP contribution in [0.15, 0.2) is 28.8 Å². The standard InChI is InChI=1S/C15H12Cl2N2O3S/c1-22-13(21)7-23-15-10(6-18)9(5-12(20)19-15)8-3-2-4-11(16)14(8)17/h2-4,9H,5,7H2,1H3,(H,19,20). The van der Waals surface area contributed by atoms with E-state index in [0.29, 0.717) is 26.2 Å². The number of thioether (sulfide) groups is 1. The van der Waals surface area contributed by atoms with E-state index in [1.54, 1.807) is 18.2 Å². The first-order valence-corrected chi connectivity index (χ1v) is 8.29. The Balaban J connectivity index is 2.41. The Kier molecular flexibility index (Phi) is 5.94. The molecule has 1 amide bonds. The molecule has 0 saturated heterocycles. The van der Waals surface area contributed by atoms with Gasteiger partial charge in [-0.15, -0.1) is 0 Å². The molecule has 1 aliphatic heterocycles. The zero-order chi connectivity index (χ0) is 17.0. The number of methoxy groups -OCH3 is 1. The third-order valence-electron chi connectivity index (χ3n) is 3.27. The van der Waals surface area contributed by atoms with Crippen LogP contribution in [0.3, 0.4) is 0 Å². The van der Waals surface area contributed by atoms with Gasteiger partial charge in [-0.05, 0) is 11.6 Å². The van der Waals surface area contributed by atoms with Crippen molar-refractivity contribution in [3.63, 3.8) is 0 Å². The van der Waals surface area contributed by atoms with E-state index in [4.69, 9.17) is 23.2 Å². The third-order valence-corrected chi connectivity index (χ3v) is 5.10. The third kappa shape index (κ3) is 3.99. The number of hydrogen-bond donors (Lipinski definition) is 1. The highest BCUT2D eigenvalue weighted by molar-refractivity contribution is 8.03. The lowest BCUT2D eigenvalue weighted by molar-refractivity contribution is -0.137. The molecule has 1 N–H and O–H groups in total. The molecule has 5 nitrogen and oxygen atoms in total. The summed E-state index contributed by atoms with van der Waals surface area (Å²) >= 11 is 13.3. The lowest BCUT2D eigenvalue weighted by atomic mass is 9.87. The average Bonchev–Trinajstić information content (AvgIpc) is 2.54. The summed E-state index contributed by atoms with van der Waals surface area (Å²) in [5, 5.41) is 13.1. The Morgan fingerprint density at radius 2 is 2.26 bits per heavy atom. The van der Waals surface area contributed by atoms with Crippen molar-refractivity contribution in [1.29, 1.82) is 5.26 Å². The fourth-order valence-corrected chi connectivity index (χ4v) is 3.53. The summed E-state index contributed by atoms with van der Waals surface area (Å²) in [6.07, 6.45) is 0.0885. The van der Waals surface area contributed by atoms with Crippen molar-refractivity contribution < 1.29 is 14.3 Å². The first-order chi connectivity index (χ1) is 11.0. The van der Waals surface area contributed by atoms with Gasteiger partial charge in [-0.25, -0.2) is 0 Å². The highest BCUT2D eigenvalue weighted by Gasteiger charge is 2.31. The van der Waals surface area contributed by atoms with E-state index in [0.717, 1.165) is 11.8 Å². The number of nitriles is 1. The predicted octanol–water partition coefficient (Wildman–Crippen LogP) is 3.24. The van der Waals surface area contributed by atoms with Crippen molar-refractivity contribution in [1.82, 2.24) is 5.32 Å². The topological polar surface area (TPSA) is 79.2 Å². The maximum absolute atomic E-state index is 12.0. The van der Waals surface area contributed by atoms with Crippen LogP contribution in [0.25, 0.3) is 0 Å². The molecule has 0 saturated carbocycles. The molecular weight excluding hydrogens is 359 g/mol. The number of carbonyl (C=O) groups excluding carboxylic acids is 2. The molecule has 0 aromatic heterocycles. The first kappa shape index (κ1) is 17.7. The van der Waals surface area contributed by atoms with Crippen LogP contribution >= 0.6 is 35.0 Å². The lowest BCUT2D eigenvalue weighted by Gasteiger charge is -2.25. The SMILES string of the molecule is COC(=O)CSC1=C(C#N)C(c2cccc(Cl)c2Cl)CC(=O)N1. The highest BCUT2D eigenvalue weighted by Crippen LogP contribution is 2.40. The van der Waals surface area contributed by atoms with Crippen molar-refractivity contribution in [3.05, 3.63) is 44.4 Å². The van der Waals surface area contributed by atoms with Gasteiger partial charge in [-0.2, -0.15) is 5.26 Å². The summed E-state index contributed by atoms with van der Waals surface area (Å²) in [4.78, 5) is 23.3. The Labute approximate surface area is 147 Å². The number of hydrogen-bond acceptors (Lipinski definition) is 5. The Morgan fingerprint density at radius 3 is 2.91 bits per heavy atom. The fourth-order valence-electron chi connectivity index (χ4n) is 2.18. The molecule has 1 aromatic carbocycles. The Morgan fingerprint density at radius 1 is 1.52 bits per heavy atom. The molecular formula is C15H12Cl2N2O3S. The van der Waals surface area contributed by atoms with Gasteiger partial charge in [-0.3, -0.25) is 9.59 Å². The number of ether oxygens (including phenoxy) is 1. The number of esters is 1. The number of rotatable bonds is 4. The van der Waals surface area contributed by atoms with Crippen LogP contribution in [-0.4, -0.2) is 24.7 Å². The smallest absolute Gasteiger partial charge is 0.316 e. The van der Waals surface area contributed by atoms with E-state index >= 15 is 0 Å². The number of halogens is 2. The largest absolute Gasteiger partial charge is 0.468 e. The van der Waals surface area contributed by atoms with Crippen molar-refractivity contribution in [2.24, 2.45) is 0 Å². The molecule has 0 radical (unpaired) electrons. The molecule has 8 heteroatoms. The maximum atomic E-state index is 12.0. The van der Waals surface area contributed by atoms with Crippen LogP contribution in [0.1, 0.15) is 17.9 Å². The molecule has 1 aliphatic rings. The summed E-state index contributed by atoms with van der Waals surface area (Å²) in [7, 11) is 1.27. The number of allylic oxidation sites excluding steroid dienone is 1. The van der Waals surface area contributed by atoms with Crippen molar-refractivity contribution in [2.75, 3.05) is 12.9 Å². The Bertz CT molecular complexity index is 728. The van der Waals surface area contributed by atoms with Crippen LogP contribution in [0.2, 0.25) is 10.0 Å². The molecule has 1 unspecified atom stereocenters. The van der Waals surface area contributed by atoms with Gasteiger partial charge in [0, 0.05) is 12.3 Å². The minimum Gasteiger partial charge on any atom is -0.468 e. The van der Waals surface area contributed by atoms with Crippen LogP contribution < -0.4 is 5.32 Å². The second-order valence-electron chi connectivity index (χ2n) is 4.67. The van der Waals surface area contributed by atoms with E-state index in [2.05, 4.69) is 16.1 Å². The molecule has 0 aliphatic carbocycles. The second-order valence-corrected chi connectivity index (χ2v) is 6.44. The van der Waals surface area contributed by atoms with Gasteiger partial charge in [0.25, 0.3) is 0 Å². The first-order valence-electron chi connectivity index (χ1n) is 6.55. The number of benzene rings is 1. The molecule has 120 valence electrons. The molecule has 2 rings (SSSR count). The molecule has 0 spiro atoms. The second kappa shape index (κ2) is 7.73. The van der Waals surface area contributed by atoms with Gasteiger partial charge >= 0.3 is 5.97 Å². The van der Waals surface area contributed by atoms with Gasteiger partial charge in [-0.1, -0.05) is 47.1 Å². The maximum Gasteiger partial charge on any atom is 0.316 e. The zero-order valence-corrected chi connectivity index (χ0v) is 14.4. The summed E-state index contributed by atoms with van der Waals surface area (Å²) < 4.78 is 4.57. The van der Waals surface area contributed by atoms with E-state index in [9.17, 15) is 14.9 Å². The highest BCUT2D eigenvalue weighted by atomic mass is 35.5. The minimum absolute atomic E-state index is 0.00666. The number of nitrogens with zero attached hydrogens (tertiary/aromatic N) is 1. The molecule has 1 heterocycles. The quantitative estimate of drug-likeness (QED) is 0.822.